The van der Waals surface area contributed by atoms with Crippen LogP contribution in [0.25, 0.3) is 17.1 Å². The first-order valence-corrected chi connectivity index (χ1v) is 12.8. The molecule has 0 unspecified atom stereocenters. The summed E-state index contributed by atoms with van der Waals surface area (Å²) in [7, 11) is 0. The average molecular weight is 507 g/mol. The average Bonchev–Trinajstić information content (AvgIpc) is 3.29. The van der Waals surface area contributed by atoms with Gasteiger partial charge in [0.25, 0.3) is 0 Å². The molecule has 0 atom stereocenters. The van der Waals surface area contributed by atoms with Gasteiger partial charge in [0.15, 0.2) is 11.0 Å². The molecule has 1 aromatic heterocycles. The van der Waals surface area contributed by atoms with Gasteiger partial charge in [-0.15, -0.1) is 10.2 Å². The Morgan fingerprint density at radius 3 is 2.54 bits per heavy atom. The van der Waals surface area contributed by atoms with Crippen molar-refractivity contribution in [2.24, 2.45) is 0 Å². The van der Waals surface area contributed by atoms with Crippen LogP contribution >= 0.6 is 23.4 Å². The third-order valence-electron chi connectivity index (χ3n) is 5.46. The number of carbonyl (C=O) groups is 1. The number of carbonyl (C=O) groups excluding carboxylic acids is 1. The maximum Gasteiger partial charge on any atom is 0.234 e. The van der Waals surface area contributed by atoms with Crippen molar-refractivity contribution in [2.45, 2.75) is 32.3 Å². The van der Waals surface area contributed by atoms with E-state index in [0.717, 1.165) is 40.2 Å². The second-order valence-electron chi connectivity index (χ2n) is 7.88. The molecule has 0 radical (unpaired) electrons. The fraction of sp³-hybridized carbons (Fsp3) is 0.222. The highest BCUT2D eigenvalue weighted by Gasteiger charge is 2.18. The van der Waals surface area contributed by atoms with Gasteiger partial charge in [0.1, 0.15) is 5.75 Å². The van der Waals surface area contributed by atoms with Gasteiger partial charge in [0.2, 0.25) is 5.91 Å². The van der Waals surface area contributed by atoms with E-state index in [1.165, 1.54) is 11.8 Å². The number of rotatable bonds is 9. The number of ether oxygens (including phenoxy) is 1. The quantitative estimate of drug-likeness (QED) is 0.259. The normalized spacial score (nSPS) is 10.9. The molecule has 0 saturated heterocycles. The van der Waals surface area contributed by atoms with E-state index < -0.39 is 0 Å². The van der Waals surface area contributed by atoms with Gasteiger partial charge in [-0.3, -0.25) is 9.36 Å². The molecule has 0 aliphatic carbocycles. The number of thioether (sulfide) groups is 1. The van der Waals surface area contributed by atoms with Crippen LogP contribution in [0.2, 0.25) is 5.02 Å². The van der Waals surface area contributed by atoms with E-state index in [1.807, 2.05) is 85.1 Å². The summed E-state index contributed by atoms with van der Waals surface area (Å²) >= 11 is 7.58. The van der Waals surface area contributed by atoms with E-state index >= 15 is 0 Å². The molecule has 1 amide bonds. The van der Waals surface area contributed by atoms with Crippen molar-refractivity contribution in [3.63, 3.8) is 0 Å². The highest BCUT2D eigenvalue weighted by atomic mass is 35.5. The Hall–Kier alpha value is -3.29. The third kappa shape index (κ3) is 5.86. The van der Waals surface area contributed by atoms with E-state index in [1.54, 1.807) is 0 Å². The number of aromatic nitrogens is 3. The molecule has 0 aliphatic rings. The van der Waals surface area contributed by atoms with E-state index in [0.29, 0.717) is 22.6 Å². The van der Waals surface area contributed by atoms with Crippen molar-refractivity contribution < 1.29 is 9.53 Å². The number of anilines is 1. The van der Waals surface area contributed by atoms with E-state index in [9.17, 15) is 4.79 Å². The summed E-state index contributed by atoms with van der Waals surface area (Å²) in [5.41, 5.74) is 4.74. The van der Waals surface area contributed by atoms with Gasteiger partial charge >= 0.3 is 0 Å². The van der Waals surface area contributed by atoms with Gasteiger partial charge in [0.05, 0.1) is 12.4 Å². The molecular weight excluding hydrogens is 480 g/mol. The minimum Gasteiger partial charge on any atom is -0.494 e. The van der Waals surface area contributed by atoms with Gasteiger partial charge in [-0.1, -0.05) is 60.6 Å². The summed E-state index contributed by atoms with van der Waals surface area (Å²) in [6.45, 7) is 6.62. The second kappa shape index (κ2) is 11.4. The summed E-state index contributed by atoms with van der Waals surface area (Å²) in [5.74, 6) is 1.53. The Labute approximate surface area is 214 Å². The summed E-state index contributed by atoms with van der Waals surface area (Å²) in [5, 5.41) is 13.1. The van der Waals surface area contributed by atoms with Crippen LogP contribution in [0, 0.1) is 6.92 Å². The smallest absolute Gasteiger partial charge is 0.234 e. The Morgan fingerprint density at radius 2 is 1.83 bits per heavy atom. The van der Waals surface area contributed by atoms with Gasteiger partial charge in [0, 0.05) is 22.0 Å². The Morgan fingerprint density at radius 1 is 1.06 bits per heavy atom. The summed E-state index contributed by atoms with van der Waals surface area (Å²) in [6.07, 6.45) is 0.847. The summed E-state index contributed by atoms with van der Waals surface area (Å²) in [6, 6.07) is 21.3. The molecule has 3 aromatic carbocycles. The predicted molar refractivity (Wildman–Crippen MR) is 143 cm³/mol. The van der Waals surface area contributed by atoms with Gasteiger partial charge in [-0.05, 0) is 67.8 Å². The molecule has 4 aromatic rings. The fourth-order valence-electron chi connectivity index (χ4n) is 3.78. The molecule has 6 nitrogen and oxygen atoms in total. The molecule has 1 heterocycles. The van der Waals surface area contributed by atoms with Crippen LogP contribution in [0.4, 0.5) is 5.69 Å². The minimum atomic E-state index is -0.0930. The monoisotopic (exact) mass is 506 g/mol. The van der Waals surface area contributed by atoms with Gasteiger partial charge < -0.3 is 10.1 Å². The standard InChI is InChI=1S/C27H27ClN4O2S/c1-4-19-9-6-8-18(3)25(19)29-24(33)17-35-27-31-30-26(20-10-7-11-21(28)16-20)32(27)22-12-14-23(15-13-22)34-5-2/h6-16H,4-5,17H2,1-3H3,(H,29,33). The number of benzene rings is 3. The largest absolute Gasteiger partial charge is 0.494 e. The molecule has 4 rings (SSSR count). The third-order valence-corrected chi connectivity index (χ3v) is 6.62. The maximum absolute atomic E-state index is 12.9. The number of hydrogen-bond acceptors (Lipinski definition) is 5. The van der Waals surface area contributed by atoms with Crippen LogP contribution in [-0.4, -0.2) is 33.0 Å². The highest BCUT2D eigenvalue weighted by molar-refractivity contribution is 7.99. The lowest BCUT2D eigenvalue weighted by Gasteiger charge is -2.14. The number of para-hydroxylation sites is 1. The number of nitrogens with zero attached hydrogens (tertiary/aromatic N) is 3. The van der Waals surface area contributed by atoms with E-state index in [2.05, 4.69) is 22.4 Å². The summed E-state index contributed by atoms with van der Waals surface area (Å²) < 4.78 is 7.52. The number of aryl methyl sites for hydroxylation is 2. The number of nitrogens with one attached hydrogen (secondary N) is 1. The molecule has 1 N–H and O–H groups in total. The van der Waals surface area contributed by atoms with Gasteiger partial charge in [-0.25, -0.2) is 0 Å². The Kier molecular flexibility index (Phi) is 8.10. The van der Waals surface area contributed by atoms with Crippen molar-refractivity contribution in [2.75, 3.05) is 17.7 Å². The molecule has 0 spiro atoms. The lowest BCUT2D eigenvalue weighted by molar-refractivity contribution is -0.113. The SMILES string of the molecule is CCOc1ccc(-n2c(SCC(=O)Nc3c(C)cccc3CC)nnc2-c2cccc(Cl)c2)cc1. The molecule has 0 aliphatic heterocycles. The number of hydrogen-bond donors (Lipinski definition) is 1. The van der Waals surface area contributed by atoms with Crippen molar-refractivity contribution >= 4 is 35.0 Å². The zero-order valence-corrected chi connectivity index (χ0v) is 21.5. The number of amides is 1. The van der Waals surface area contributed by atoms with Crippen LogP contribution in [-0.2, 0) is 11.2 Å². The molecule has 180 valence electrons. The maximum atomic E-state index is 12.9. The lowest BCUT2D eigenvalue weighted by Crippen LogP contribution is -2.16. The van der Waals surface area contributed by atoms with Crippen LogP contribution < -0.4 is 10.1 Å². The van der Waals surface area contributed by atoms with Crippen LogP contribution in [0.15, 0.2) is 71.9 Å². The van der Waals surface area contributed by atoms with E-state index in [4.69, 9.17) is 16.3 Å². The van der Waals surface area contributed by atoms with E-state index in [-0.39, 0.29) is 11.7 Å². The first-order chi connectivity index (χ1) is 17.0. The van der Waals surface area contributed by atoms with Crippen molar-refractivity contribution in [1.82, 2.24) is 14.8 Å². The van der Waals surface area contributed by atoms with Crippen molar-refractivity contribution in [1.29, 1.82) is 0 Å². The topological polar surface area (TPSA) is 69.0 Å². The fourth-order valence-corrected chi connectivity index (χ4v) is 4.72. The molecule has 0 saturated carbocycles. The number of halogens is 1. The molecule has 0 fully saturated rings. The Bertz CT molecular complexity index is 1320. The van der Waals surface area contributed by atoms with Crippen LogP contribution in [0.5, 0.6) is 5.75 Å². The van der Waals surface area contributed by atoms with Crippen LogP contribution in [0.1, 0.15) is 25.0 Å². The minimum absolute atomic E-state index is 0.0930. The molecule has 0 bridgehead atoms. The van der Waals surface area contributed by atoms with Crippen molar-refractivity contribution in [3.8, 4) is 22.8 Å². The lowest BCUT2D eigenvalue weighted by atomic mass is 10.1. The second-order valence-corrected chi connectivity index (χ2v) is 9.26. The Balaban J connectivity index is 1.62. The first kappa shape index (κ1) is 24.8. The molecule has 35 heavy (non-hydrogen) atoms. The zero-order valence-electron chi connectivity index (χ0n) is 19.9. The molecule has 8 heteroatoms. The summed E-state index contributed by atoms with van der Waals surface area (Å²) in [4.78, 5) is 12.9. The van der Waals surface area contributed by atoms with Gasteiger partial charge in [-0.2, -0.15) is 0 Å². The zero-order chi connectivity index (χ0) is 24.8. The first-order valence-electron chi connectivity index (χ1n) is 11.5. The predicted octanol–water partition coefficient (Wildman–Crippen LogP) is 6.59. The van der Waals surface area contributed by atoms with Crippen LogP contribution in [0.3, 0.4) is 0 Å². The molecular formula is C27H27ClN4O2S. The van der Waals surface area contributed by atoms with Crippen molar-refractivity contribution in [3.05, 3.63) is 82.9 Å². The highest BCUT2D eigenvalue weighted by Crippen LogP contribution is 2.30.